The zero-order valence-electron chi connectivity index (χ0n) is 9.04. The Labute approximate surface area is 100 Å². The molecule has 0 aliphatic rings. The number of hydrogen-bond acceptors (Lipinski definition) is 2. The lowest BCUT2D eigenvalue weighted by Crippen LogP contribution is -2.16. The second kappa shape index (κ2) is 4.79. The zero-order valence-corrected chi connectivity index (χ0v) is 9.04. The Morgan fingerprint density at radius 3 is 2.72 bits per heavy atom. The second-order valence-corrected chi connectivity index (χ2v) is 3.50. The van der Waals surface area contributed by atoms with E-state index in [-0.39, 0.29) is 5.69 Å². The average molecular weight is 250 g/mol. The maximum Gasteiger partial charge on any atom is 0.258 e. The number of carbonyl (C=O) groups excluding carboxylic acids is 1. The van der Waals surface area contributed by atoms with Gasteiger partial charge in [0, 0.05) is 18.0 Å². The Morgan fingerprint density at radius 1 is 1.22 bits per heavy atom. The summed E-state index contributed by atoms with van der Waals surface area (Å²) in [4.78, 5) is 25.0. The molecule has 2 aromatic rings. The van der Waals surface area contributed by atoms with E-state index < -0.39 is 28.7 Å². The summed E-state index contributed by atoms with van der Waals surface area (Å²) in [6.45, 7) is 0. The predicted molar refractivity (Wildman–Crippen MR) is 61.4 cm³/mol. The maximum atomic E-state index is 13.3. The van der Waals surface area contributed by atoms with E-state index in [4.69, 9.17) is 0 Å². The molecule has 0 saturated heterocycles. The minimum Gasteiger partial charge on any atom is -0.329 e. The molecular weight excluding hydrogens is 242 g/mol. The van der Waals surface area contributed by atoms with Gasteiger partial charge in [0.25, 0.3) is 5.91 Å². The fourth-order valence-electron chi connectivity index (χ4n) is 1.40. The third kappa shape index (κ3) is 2.42. The summed E-state index contributed by atoms with van der Waals surface area (Å²) in [5.41, 5.74) is -0.629. The van der Waals surface area contributed by atoms with E-state index in [1.807, 2.05) is 0 Å². The van der Waals surface area contributed by atoms with Gasteiger partial charge in [0.1, 0.15) is 0 Å². The first kappa shape index (κ1) is 12.0. The molecule has 1 aromatic carbocycles. The number of benzene rings is 1. The molecule has 0 aliphatic carbocycles. The largest absolute Gasteiger partial charge is 0.329 e. The van der Waals surface area contributed by atoms with E-state index >= 15 is 0 Å². The van der Waals surface area contributed by atoms with Crippen LogP contribution in [0.3, 0.4) is 0 Å². The third-order valence-corrected chi connectivity index (χ3v) is 2.23. The van der Waals surface area contributed by atoms with Crippen LogP contribution in [0.4, 0.5) is 14.5 Å². The highest BCUT2D eigenvalue weighted by atomic mass is 19.2. The number of amides is 1. The molecule has 18 heavy (non-hydrogen) atoms. The van der Waals surface area contributed by atoms with Crippen LogP contribution in [-0.4, -0.2) is 10.9 Å². The minimum atomic E-state index is -1.22. The molecule has 0 aliphatic heterocycles. The van der Waals surface area contributed by atoms with Crippen molar-refractivity contribution >= 4 is 11.6 Å². The fraction of sp³-hybridized carbons (Fsp3) is 0. The zero-order chi connectivity index (χ0) is 13.1. The van der Waals surface area contributed by atoms with Crippen molar-refractivity contribution in [3.8, 4) is 0 Å². The summed E-state index contributed by atoms with van der Waals surface area (Å²) >= 11 is 0. The lowest BCUT2D eigenvalue weighted by molar-refractivity contribution is 0.102. The van der Waals surface area contributed by atoms with Crippen molar-refractivity contribution in [2.75, 3.05) is 5.32 Å². The molecule has 92 valence electrons. The Morgan fingerprint density at radius 2 is 2.00 bits per heavy atom. The second-order valence-electron chi connectivity index (χ2n) is 3.50. The first-order chi connectivity index (χ1) is 8.58. The third-order valence-electron chi connectivity index (χ3n) is 2.23. The Bertz CT molecular complexity index is 653. The summed E-state index contributed by atoms with van der Waals surface area (Å²) in [5, 5.41) is 2.30. The highest BCUT2D eigenvalue weighted by molar-refractivity contribution is 6.04. The van der Waals surface area contributed by atoms with E-state index in [1.165, 1.54) is 18.3 Å². The smallest absolute Gasteiger partial charge is 0.258 e. The van der Waals surface area contributed by atoms with Gasteiger partial charge >= 0.3 is 0 Å². The lowest BCUT2D eigenvalue weighted by atomic mass is 10.2. The number of nitrogens with one attached hydrogen (secondary N) is 2. The SMILES string of the molecule is O=C(Nc1cc[nH]c(=O)c1)c1cccc(F)c1F. The molecule has 2 N–H and O–H groups in total. The molecule has 2 rings (SSSR count). The van der Waals surface area contributed by atoms with Crippen LogP contribution < -0.4 is 10.9 Å². The number of aromatic nitrogens is 1. The summed E-state index contributed by atoms with van der Waals surface area (Å²) < 4.78 is 26.3. The summed E-state index contributed by atoms with van der Waals surface area (Å²) in [6, 6.07) is 5.86. The number of carbonyl (C=O) groups is 1. The van der Waals surface area contributed by atoms with Gasteiger partial charge in [-0.1, -0.05) is 6.07 Å². The van der Waals surface area contributed by atoms with Crippen LogP contribution in [-0.2, 0) is 0 Å². The minimum absolute atomic E-state index is 0.201. The van der Waals surface area contributed by atoms with Crippen molar-refractivity contribution in [2.24, 2.45) is 0 Å². The Hall–Kier alpha value is -2.50. The van der Waals surface area contributed by atoms with E-state index in [9.17, 15) is 18.4 Å². The van der Waals surface area contributed by atoms with E-state index in [0.29, 0.717) is 0 Å². The lowest BCUT2D eigenvalue weighted by Gasteiger charge is -2.05. The first-order valence-corrected chi connectivity index (χ1v) is 5.02. The molecule has 0 fully saturated rings. The van der Waals surface area contributed by atoms with Gasteiger partial charge in [-0.05, 0) is 18.2 Å². The van der Waals surface area contributed by atoms with Gasteiger partial charge in [-0.2, -0.15) is 0 Å². The Kier molecular flexibility index (Phi) is 3.18. The standard InChI is InChI=1S/C12H8F2N2O2/c13-9-3-1-2-8(11(9)14)12(18)16-7-4-5-15-10(17)6-7/h1-6H,(H2,15,16,17,18). The molecule has 1 heterocycles. The van der Waals surface area contributed by atoms with Gasteiger partial charge in [0.2, 0.25) is 5.56 Å². The van der Waals surface area contributed by atoms with Gasteiger partial charge in [-0.15, -0.1) is 0 Å². The van der Waals surface area contributed by atoms with Crippen molar-refractivity contribution < 1.29 is 13.6 Å². The van der Waals surface area contributed by atoms with Crippen LogP contribution in [0.2, 0.25) is 0 Å². The van der Waals surface area contributed by atoms with Crippen molar-refractivity contribution in [1.82, 2.24) is 4.98 Å². The maximum absolute atomic E-state index is 13.3. The van der Waals surface area contributed by atoms with Crippen LogP contribution in [0.5, 0.6) is 0 Å². The molecule has 0 radical (unpaired) electrons. The highest BCUT2D eigenvalue weighted by Gasteiger charge is 2.15. The van der Waals surface area contributed by atoms with Crippen molar-refractivity contribution in [1.29, 1.82) is 0 Å². The van der Waals surface area contributed by atoms with Crippen LogP contribution in [0, 0.1) is 11.6 Å². The van der Waals surface area contributed by atoms with Gasteiger partial charge in [-0.3, -0.25) is 9.59 Å². The van der Waals surface area contributed by atoms with Gasteiger partial charge in [-0.25, -0.2) is 8.78 Å². The molecule has 6 heteroatoms. The first-order valence-electron chi connectivity index (χ1n) is 5.02. The normalized spacial score (nSPS) is 10.1. The quantitative estimate of drug-likeness (QED) is 0.855. The Balaban J connectivity index is 2.28. The van der Waals surface area contributed by atoms with Crippen LogP contribution >= 0.6 is 0 Å². The fourth-order valence-corrected chi connectivity index (χ4v) is 1.40. The van der Waals surface area contributed by atoms with E-state index in [0.717, 1.165) is 18.2 Å². The monoisotopic (exact) mass is 250 g/mol. The molecule has 0 saturated carbocycles. The summed E-state index contributed by atoms with van der Waals surface area (Å²) in [7, 11) is 0. The summed E-state index contributed by atoms with van der Waals surface area (Å²) in [5.74, 6) is -3.15. The molecule has 0 unspecified atom stereocenters. The van der Waals surface area contributed by atoms with Gasteiger partial charge < -0.3 is 10.3 Å². The van der Waals surface area contributed by atoms with Gasteiger partial charge in [0.05, 0.1) is 5.56 Å². The predicted octanol–water partition coefficient (Wildman–Crippen LogP) is 1.91. The van der Waals surface area contributed by atoms with Crippen LogP contribution in [0.25, 0.3) is 0 Å². The van der Waals surface area contributed by atoms with Crippen molar-refractivity contribution in [3.63, 3.8) is 0 Å². The van der Waals surface area contributed by atoms with Gasteiger partial charge in [0.15, 0.2) is 11.6 Å². The number of hydrogen-bond donors (Lipinski definition) is 2. The number of H-pyrrole nitrogens is 1. The molecule has 4 nitrogen and oxygen atoms in total. The average Bonchev–Trinajstić information content (AvgIpc) is 2.32. The number of rotatable bonds is 2. The summed E-state index contributed by atoms with van der Waals surface area (Å²) in [6.07, 6.45) is 1.33. The molecule has 0 atom stereocenters. The highest BCUT2D eigenvalue weighted by Crippen LogP contribution is 2.13. The number of halogens is 2. The number of aromatic amines is 1. The molecule has 0 bridgehead atoms. The molecular formula is C12H8F2N2O2. The van der Waals surface area contributed by atoms with E-state index in [1.54, 1.807) is 0 Å². The molecule has 0 spiro atoms. The van der Waals surface area contributed by atoms with Crippen LogP contribution in [0.15, 0.2) is 41.3 Å². The van der Waals surface area contributed by atoms with Crippen LogP contribution in [0.1, 0.15) is 10.4 Å². The van der Waals surface area contributed by atoms with Crippen molar-refractivity contribution in [2.45, 2.75) is 0 Å². The molecule has 1 aromatic heterocycles. The number of pyridine rings is 1. The van der Waals surface area contributed by atoms with E-state index in [2.05, 4.69) is 10.3 Å². The molecule has 1 amide bonds. The van der Waals surface area contributed by atoms with Crippen molar-refractivity contribution in [3.05, 3.63) is 64.1 Å². The number of anilines is 1. The topological polar surface area (TPSA) is 62.0 Å².